The van der Waals surface area contributed by atoms with E-state index < -0.39 is 0 Å². The van der Waals surface area contributed by atoms with Gasteiger partial charge < -0.3 is 11.1 Å². The molecule has 0 saturated carbocycles. The summed E-state index contributed by atoms with van der Waals surface area (Å²) < 4.78 is 14.9. The first-order valence-corrected chi connectivity index (χ1v) is 9.55. The van der Waals surface area contributed by atoms with Crippen molar-refractivity contribution < 1.29 is 9.18 Å². The number of amides is 1. The van der Waals surface area contributed by atoms with E-state index in [2.05, 4.69) is 10.4 Å². The predicted molar refractivity (Wildman–Crippen MR) is 106 cm³/mol. The Kier molecular flexibility index (Phi) is 5.72. The van der Waals surface area contributed by atoms with Gasteiger partial charge >= 0.3 is 0 Å². The minimum atomic E-state index is -0.279. The standard InChI is InChI=1S/C20H23FN4OS/c1-12-11-23-25(3)19(12)17-9-18(27-13(17)2)20(26)24-16(10-22)8-14-4-6-15(21)7-5-14/h4-7,9,11,16H,8,10,22H2,1-3H3,(H,24,26). The van der Waals surface area contributed by atoms with E-state index in [4.69, 9.17) is 5.73 Å². The molecule has 142 valence electrons. The molecular formula is C20H23FN4OS. The van der Waals surface area contributed by atoms with Crippen molar-refractivity contribution in [2.24, 2.45) is 12.8 Å². The molecule has 3 rings (SSSR count). The fourth-order valence-corrected chi connectivity index (χ4v) is 4.04. The topological polar surface area (TPSA) is 72.9 Å². The highest BCUT2D eigenvalue weighted by molar-refractivity contribution is 7.14. The van der Waals surface area contributed by atoms with Gasteiger partial charge in [0.05, 0.1) is 16.8 Å². The van der Waals surface area contributed by atoms with Gasteiger partial charge in [-0.25, -0.2) is 4.39 Å². The number of halogens is 1. The Balaban J connectivity index is 1.75. The molecule has 3 aromatic rings. The van der Waals surface area contributed by atoms with Crippen LogP contribution in [0.1, 0.15) is 25.7 Å². The molecule has 1 atom stereocenters. The fraction of sp³-hybridized carbons (Fsp3) is 0.300. The maximum atomic E-state index is 13.1. The Hall–Kier alpha value is -2.51. The number of carbonyl (C=O) groups is 1. The number of nitrogens with one attached hydrogen (secondary N) is 1. The molecule has 0 saturated heterocycles. The molecule has 0 fully saturated rings. The average Bonchev–Trinajstić information content (AvgIpc) is 3.18. The van der Waals surface area contributed by atoms with Crippen LogP contribution in [-0.2, 0) is 13.5 Å². The van der Waals surface area contributed by atoms with E-state index in [1.165, 1.54) is 23.5 Å². The third kappa shape index (κ3) is 4.26. The van der Waals surface area contributed by atoms with Crippen LogP contribution in [0, 0.1) is 19.7 Å². The van der Waals surface area contributed by atoms with E-state index in [0.717, 1.165) is 27.3 Å². The maximum absolute atomic E-state index is 13.1. The summed E-state index contributed by atoms with van der Waals surface area (Å²) in [6.07, 6.45) is 2.37. The molecule has 0 aliphatic rings. The predicted octanol–water partition coefficient (Wildman–Crippen LogP) is 3.20. The van der Waals surface area contributed by atoms with Gasteiger partial charge in [-0.05, 0) is 49.6 Å². The molecular weight excluding hydrogens is 363 g/mol. The molecule has 7 heteroatoms. The zero-order valence-corrected chi connectivity index (χ0v) is 16.4. The minimum absolute atomic E-state index is 0.147. The van der Waals surface area contributed by atoms with Gasteiger partial charge in [0.1, 0.15) is 5.82 Å². The van der Waals surface area contributed by atoms with Gasteiger partial charge in [-0.2, -0.15) is 5.10 Å². The quantitative estimate of drug-likeness (QED) is 0.683. The van der Waals surface area contributed by atoms with Gasteiger partial charge in [-0.15, -0.1) is 11.3 Å². The number of benzene rings is 1. The van der Waals surface area contributed by atoms with Crippen molar-refractivity contribution in [1.29, 1.82) is 0 Å². The van der Waals surface area contributed by atoms with E-state index in [1.54, 1.807) is 12.1 Å². The lowest BCUT2D eigenvalue weighted by atomic mass is 10.1. The van der Waals surface area contributed by atoms with Crippen LogP contribution in [0.4, 0.5) is 4.39 Å². The summed E-state index contributed by atoms with van der Waals surface area (Å²) in [5.41, 5.74) is 9.87. The molecule has 1 unspecified atom stereocenters. The number of thiophene rings is 1. The summed E-state index contributed by atoms with van der Waals surface area (Å²) >= 11 is 1.46. The highest BCUT2D eigenvalue weighted by atomic mass is 32.1. The van der Waals surface area contributed by atoms with E-state index in [-0.39, 0.29) is 17.8 Å². The van der Waals surface area contributed by atoms with Gasteiger partial charge in [-0.3, -0.25) is 9.48 Å². The molecule has 2 aromatic heterocycles. The van der Waals surface area contributed by atoms with E-state index in [0.29, 0.717) is 17.8 Å². The van der Waals surface area contributed by atoms with Crippen LogP contribution in [-0.4, -0.2) is 28.3 Å². The van der Waals surface area contributed by atoms with Crippen LogP contribution in [0.15, 0.2) is 36.5 Å². The number of aromatic nitrogens is 2. The zero-order valence-electron chi connectivity index (χ0n) is 15.6. The van der Waals surface area contributed by atoms with Crippen molar-refractivity contribution in [2.45, 2.75) is 26.3 Å². The van der Waals surface area contributed by atoms with E-state index in [9.17, 15) is 9.18 Å². The highest BCUT2D eigenvalue weighted by Crippen LogP contribution is 2.32. The number of rotatable bonds is 6. The second kappa shape index (κ2) is 8.02. The Bertz CT molecular complexity index is 926. The molecule has 0 aliphatic heterocycles. The molecule has 1 aromatic carbocycles. The Morgan fingerprint density at radius 3 is 2.63 bits per heavy atom. The molecule has 0 aliphatic carbocycles. The van der Waals surface area contributed by atoms with Crippen LogP contribution >= 0.6 is 11.3 Å². The largest absolute Gasteiger partial charge is 0.347 e. The summed E-state index contributed by atoms with van der Waals surface area (Å²) in [4.78, 5) is 14.4. The first kappa shape index (κ1) is 19.3. The van der Waals surface area contributed by atoms with Crippen molar-refractivity contribution >= 4 is 17.2 Å². The summed E-state index contributed by atoms with van der Waals surface area (Å²) in [5.74, 6) is -0.425. The molecule has 3 N–H and O–H groups in total. The second-order valence-electron chi connectivity index (χ2n) is 6.62. The van der Waals surface area contributed by atoms with Crippen LogP contribution < -0.4 is 11.1 Å². The van der Waals surface area contributed by atoms with Crippen LogP contribution in [0.2, 0.25) is 0 Å². The number of hydrogen-bond acceptors (Lipinski definition) is 4. The van der Waals surface area contributed by atoms with Crippen molar-refractivity contribution in [3.05, 3.63) is 63.2 Å². The Labute approximate surface area is 162 Å². The summed E-state index contributed by atoms with van der Waals surface area (Å²) in [7, 11) is 1.90. The number of hydrogen-bond donors (Lipinski definition) is 2. The molecule has 1 amide bonds. The van der Waals surface area contributed by atoms with Gasteiger partial charge in [0, 0.05) is 30.1 Å². The second-order valence-corrected chi connectivity index (χ2v) is 7.87. The number of aryl methyl sites for hydroxylation is 3. The van der Waals surface area contributed by atoms with Gasteiger partial charge in [0.25, 0.3) is 5.91 Å². The minimum Gasteiger partial charge on any atom is -0.347 e. The third-order valence-electron chi connectivity index (χ3n) is 4.53. The van der Waals surface area contributed by atoms with Crippen molar-refractivity contribution in [2.75, 3.05) is 6.54 Å². The van der Waals surface area contributed by atoms with Crippen molar-refractivity contribution in [3.8, 4) is 11.3 Å². The van der Waals surface area contributed by atoms with Gasteiger partial charge in [0.15, 0.2) is 0 Å². The van der Waals surface area contributed by atoms with Crippen molar-refractivity contribution in [1.82, 2.24) is 15.1 Å². The Morgan fingerprint density at radius 1 is 1.33 bits per heavy atom. The van der Waals surface area contributed by atoms with E-state index in [1.807, 2.05) is 37.8 Å². The van der Waals surface area contributed by atoms with Crippen LogP contribution in [0.3, 0.4) is 0 Å². The van der Waals surface area contributed by atoms with Crippen LogP contribution in [0.5, 0.6) is 0 Å². The number of nitrogens with two attached hydrogens (primary N) is 1. The fourth-order valence-electron chi connectivity index (χ4n) is 3.12. The molecule has 0 bridgehead atoms. The van der Waals surface area contributed by atoms with Gasteiger partial charge in [0.2, 0.25) is 0 Å². The lowest BCUT2D eigenvalue weighted by molar-refractivity contribution is 0.0942. The lowest BCUT2D eigenvalue weighted by Gasteiger charge is -2.16. The average molecular weight is 386 g/mol. The lowest BCUT2D eigenvalue weighted by Crippen LogP contribution is -2.41. The highest BCUT2D eigenvalue weighted by Gasteiger charge is 2.19. The SMILES string of the molecule is Cc1cnn(C)c1-c1cc(C(=O)NC(CN)Cc2ccc(F)cc2)sc1C. The molecule has 2 heterocycles. The normalized spacial score (nSPS) is 12.2. The van der Waals surface area contributed by atoms with Gasteiger partial charge in [-0.1, -0.05) is 12.1 Å². The number of carbonyl (C=O) groups excluding carboxylic acids is 1. The number of nitrogens with zero attached hydrogens (tertiary/aromatic N) is 2. The molecule has 0 radical (unpaired) electrons. The molecule has 5 nitrogen and oxygen atoms in total. The van der Waals surface area contributed by atoms with E-state index >= 15 is 0 Å². The van der Waals surface area contributed by atoms with Crippen LogP contribution in [0.25, 0.3) is 11.3 Å². The first-order valence-electron chi connectivity index (χ1n) is 8.73. The monoisotopic (exact) mass is 386 g/mol. The smallest absolute Gasteiger partial charge is 0.261 e. The first-order chi connectivity index (χ1) is 12.9. The summed E-state index contributed by atoms with van der Waals surface area (Å²) in [5, 5.41) is 7.27. The molecule has 27 heavy (non-hydrogen) atoms. The zero-order chi connectivity index (χ0) is 19.6. The maximum Gasteiger partial charge on any atom is 0.261 e. The van der Waals surface area contributed by atoms with Crippen molar-refractivity contribution in [3.63, 3.8) is 0 Å². The summed E-state index contributed by atoms with van der Waals surface area (Å²) in [6.45, 7) is 4.32. The summed E-state index contributed by atoms with van der Waals surface area (Å²) in [6, 6.07) is 7.94. The molecule has 0 spiro atoms. The third-order valence-corrected chi connectivity index (χ3v) is 5.58. The Morgan fingerprint density at radius 2 is 2.04 bits per heavy atom.